The van der Waals surface area contributed by atoms with Crippen molar-refractivity contribution >= 4 is 10.8 Å². The van der Waals surface area contributed by atoms with Crippen molar-refractivity contribution in [2.24, 2.45) is 0 Å². The summed E-state index contributed by atoms with van der Waals surface area (Å²) in [5.74, 6) is 0. The highest BCUT2D eigenvalue weighted by atomic mass is 14.1. The molecule has 0 N–H and O–H groups in total. The van der Waals surface area contributed by atoms with E-state index in [9.17, 15) is 0 Å². The van der Waals surface area contributed by atoms with E-state index in [1.807, 2.05) is 0 Å². The van der Waals surface area contributed by atoms with Crippen molar-refractivity contribution in [3.05, 3.63) is 71.3 Å². The minimum absolute atomic E-state index is 1.30. The lowest BCUT2D eigenvalue weighted by Crippen LogP contribution is -1.85. The molecule has 0 spiro atoms. The molecule has 0 amide bonds. The fourth-order valence-corrected chi connectivity index (χ4v) is 2.67. The topological polar surface area (TPSA) is 0 Å². The average Bonchev–Trinajstić information content (AvgIpc) is 2.38. The highest BCUT2D eigenvalue weighted by Crippen LogP contribution is 2.28. The van der Waals surface area contributed by atoms with Crippen molar-refractivity contribution in [1.29, 1.82) is 0 Å². The van der Waals surface area contributed by atoms with Crippen LogP contribution in [0.4, 0.5) is 0 Å². The molecule has 0 atom stereocenters. The van der Waals surface area contributed by atoms with E-state index in [4.69, 9.17) is 0 Å². The van der Waals surface area contributed by atoms with Gasteiger partial charge in [-0.05, 0) is 54.3 Å². The SMILES string of the molecule is Cc1ccc(-c2ccc3cc(C)ccc3c2)c(C)c1. The van der Waals surface area contributed by atoms with Gasteiger partial charge in [-0.25, -0.2) is 0 Å². The fraction of sp³-hybridized carbons (Fsp3) is 0.158. The van der Waals surface area contributed by atoms with Crippen LogP contribution in [0.3, 0.4) is 0 Å². The smallest absolute Gasteiger partial charge is 0.0154 e. The summed E-state index contributed by atoms with van der Waals surface area (Å²) in [5, 5.41) is 2.62. The van der Waals surface area contributed by atoms with E-state index in [-0.39, 0.29) is 0 Å². The first-order valence-electron chi connectivity index (χ1n) is 6.71. The minimum Gasteiger partial charge on any atom is -0.0587 e. The minimum atomic E-state index is 1.30. The van der Waals surface area contributed by atoms with Crippen LogP contribution in [0.15, 0.2) is 54.6 Å². The van der Waals surface area contributed by atoms with Crippen molar-refractivity contribution in [3.8, 4) is 11.1 Å². The molecule has 0 aliphatic heterocycles. The van der Waals surface area contributed by atoms with Crippen LogP contribution in [0.2, 0.25) is 0 Å². The molecule has 3 aromatic rings. The zero-order chi connectivity index (χ0) is 13.4. The Morgan fingerprint density at radius 1 is 0.579 bits per heavy atom. The first-order chi connectivity index (χ1) is 9.13. The third-order valence-electron chi connectivity index (χ3n) is 3.69. The normalized spacial score (nSPS) is 10.9. The Balaban J connectivity index is 2.17. The summed E-state index contributed by atoms with van der Waals surface area (Å²) < 4.78 is 0. The van der Waals surface area contributed by atoms with Crippen LogP contribution in [-0.4, -0.2) is 0 Å². The van der Waals surface area contributed by atoms with Gasteiger partial charge < -0.3 is 0 Å². The predicted molar refractivity (Wildman–Crippen MR) is 83.6 cm³/mol. The lowest BCUT2D eigenvalue weighted by atomic mass is 9.96. The predicted octanol–water partition coefficient (Wildman–Crippen LogP) is 5.43. The molecule has 0 saturated carbocycles. The van der Waals surface area contributed by atoms with Gasteiger partial charge in [0.1, 0.15) is 0 Å². The molecule has 0 heteroatoms. The Labute approximate surface area is 114 Å². The quantitative estimate of drug-likeness (QED) is 0.537. The van der Waals surface area contributed by atoms with E-state index in [1.54, 1.807) is 0 Å². The van der Waals surface area contributed by atoms with Crippen molar-refractivity contribution in [2.45, 2.75) is 20.8 Å². The second-order valence-electron chi connectivity index (χ2n) is 5.38. The molecule has 3 aromatic carbocycles. The van der Waals surface area contributed by atoms with E-state index >= 15 is 0 Å². The van der Waals surface area contributed by atoms with Gasteiger partial charge in [0.25, 0.3) is 0 Å². The second kappa shape index (κ2) is 4.55. The van der Waals surface area contributed by atoms with Gasteiger partial charge in [0.2, 0.25) is 0 Å². The van der Waals surface area contributed by atoms with Crippen molar-refractivity contribution < 1.29 is 0 Å². The standard InChI is InChI=1S/C19H18/c1-13-5-9-19(15(3)10-13)18-8-7-16-11-14(2)4-6-17(16)12-18/h4-12H,1-3H3. The molecule has 0 unspecified atom stereocenters. The van der Waals surface area contributed by atoms with E-state index in [1.165, 1.54) is 38.6 Å². The number of hydrogen-bond donors (Lipinski definition) is 0. The second-order valence-corrected chi connectivity index (χ2v) is 5.38. The van der Waals surface area contributed by atoms with Crippen LogP contribution >= 0.6 is 0 Å². The van der Waals surface area contributed by atoms with Gasteiger partial charge in [-0.15, -0.1) is 0 Å². The molecule has 3 rings (SSSR count). The number of rotatable bonds is 1. The van der Waals surface area contributed by atoms with Crippen LogP contribution in [0.5, 0.6) is 0 Å². The molecule has 0 bridgehead atoms. The zero-order valence-corrected chi connectivity index (χ0v) is 11.7. The fourth-order valence-electron chi connectivity index (χ4n) is 2.67. The Hall–Kier alpha value is -2.08. The lowest BCUT2D eigenvalue weighted by Gasteiger charge is -2.09. The van der Waals surface area contributed by atoms with Gasteiger partial charge in [-0.2, -0.15) is 0 Å². The molecule has 0 aliphatic rings. The van der Waals surface area contributed by atoms with Crippen LogP contribution in [0.1, 0.15) is 16.7 Å². The summed E-state index contributed by atoms with van der Waals surface area (Å²) in [6.45, 7) is 6.46. The summed E-state index contributed by atoms with van der Waals surface area (Å²) in [5.41, 5.74) is 6.60. The van der Waals surface area contributed by atoms with E-state index in [0.29, 0.717) is 0 Å². The first-order valence-corrected chi connectivity index (χ1v) is 6.71. The Morgan fingerprint density at radius 2 is 1.21 bits per heavy atom. The van der Waals surface area contributed by atoms with Gasteiger partial charge in [0.15, 0.2) is 0 Å². The molecular formula is C19H18. The summed E-state index contributed by atoms with van der Waals surface area (Å²) in [7, 11) is 0. The van der Waals surface area contributed by atoms with Crippen molar-refractivity contribution in [3.63, 3.8) is 0 Å². The molecule has 19 heavy (non-hydrogen) atoms. The lowest BCUT2D eigenvalue weighted by molar-refractivity contribution is 1.38. The molecule has 0 nitrogen and oxygen atoms in total. The average molecular weight is 246 g/mol. The van der Waals surface area contributed by atoms with E-state index in [0.717, 1.165) is 0 Å². The van der Waals surface area contributed by atoms with E-state index < -0.39 is 0 Å². The maximum absolute atomic E-state index is 2.28. The van der Waals surface area contributed by atoms with Gasteiger partial charge >= 0.3 is 0 Å². The molecule has 0 saturated heterocycles. The Bertz CT molecular complexity index is 751. The summed E-state index contributed by atoms with van der Waals surface area (Å²) in [6.07, 6.45) is 0. The highest BCUT2D eigenvalue weighted by Gasteiger charge is 2.03. The summed E-state index contributed by atoms with van der Waals surface area (Å²) in [6, 6.07) is 20.0. The molecule has 0 fully saturated rings. The van der Waals surface area contributed by atoms with Crippen molar-refractivity contribution in [1.82, 2.24) is 0 Å². The number of fused-ring (bicyclic) bond motifs is 1. The van der Waals surface area contributed by atoms with Crippen LogP contribution in [0, 0.1) is 20.8 Å². The molecular weight excluding hydrogens is 228 g/mol. The molecule has 0 aromatic heterocycles. The third-order valence-corrected chi connectivity index (χ3v) is 3.69. The van der Waals surface area contributed by atoms with Crippen LogP contribution < -0.4 is 0 Å². The monoisotopic (exact) mass is 246 g/mol. The molecule has 94 valence electrons. The van der Waals surface area contributed by atoms with Crippen molar-refractivity contribution in [2.75, 3.05) is 0 Å². The molecule has 0 radical (unpaired) electrons. The van der Waals surface area contributed by atoms with Crippen LogP contribution in [0.25, 0.3) is 21.9 Å². The van der Waals surface area contributed by atoms with Crippen LogP contribution in [-0.2, 0) is 0 Å². The highest BCUT2D eigenvalue weighted by molar-refractivity contribution is 5.88. The third kappa shape index (κ3) is 2.26. The van der Waals surface area contributed by atoms with Gasteiger partial charge in [0.05, 0.1) is 0 Å². The first kappa shape index (κ1) is 12.0. The number of benzene rings is 3. The number of hydrogen-bond acceptors (Lipinski definition) is 0. The Kier molecular flexibility index (Phi) is 2.87. The molecule has 0 heterocycles. The largest absolute Gasteiger partial charge is 0.0587 e. The van der Waals surface area contributed by atoms with Gasteiger partial charge in [-0.3, -0.25) is 0 Å². The van der Waals surface area contributed by atoms with Gasteiger partial charge in [-0.1, -0.05) is 59.7 Å². The summed E-state index contributed by atoms with van der Waals surface area (Å²) in [4.78, 5) is 0. The maximum atomic E-state index is 2.28. The zero-order valence-electron chi connectivity index (χ0n) is 11.7. The Morgan fingerprint density at radius 3 is 2.00 bits per heavy atom. The van der Waals surface area contributed by atoms with E-state index in [2.05, 4.69) is 75.4 Å². The maximum Gasteiger partial charge on any atom is -0.0154 e. The van der Waals surface area contributed by atoms with Gasteiger partial charge in [0, 0.05) is 0 Å². The summed E-state index contributed by atoms with van der Waals surface area (Å²) >= 11 is 0. The molecule has 0 aliphatic carbocycles. The number of aryl methyl sites for hydroxylation is 3.